The second-order valence-electron chi connectivity index (χ2n) is 5.11. The molecule has 1 aliphatic rings. The van der Waals surface area contributed by atoms with Crippen LogP contribution < -0.4 is 14.8 Å². The van der Waals surface area contributed by atoms with E-state index in [1.807, 2.05) is 12.1 Å². The third-order valence-electron chi connectivity index (χ3n) is 3.28. The molecule has 0 atom stereocenters. The molecule has 1 amide bonds. The summed E-state index contributed by atoms with van der Waals surface area (Å²) in [5.74, 6) is 0.306. The molecule has 1 N–H and O–H groups in total. The molecule has 0 aromatic heterocycles. The second kappa shape index (κ2) is 8.02. The first kappa shape index (κ1) is 17.3. The van der Waals surface area contributed by atoms with Gasteiger partial charge in [0, 0.05) is 15.3 Å². The van der Waals surface area contributed by atoms with Gasteiger partial charge < -0.3 is 19.5 Å². The fraction of sp³-hybridized carbons (Fsp3) is 0.111. The number of hydrogen-bond acceptors (Lipinski definition) is 5. The van der Waals surface area contributed by atoms with Gasteiger partial charge in [-0.2, -0.15) is 0 Å². The van der Waals surface area contributed by atoms with E-state index >= 15 is 0 Å². The highest BCUT2D eigenvalue weighted by atomic mass is 127. The summed E-state index contributed by atoms with van der Waals surface area (Å²) < 4.78 is 16.5. The molecule has 0 radical (unpaired) electrons. The van der Waals surface area contributed by atoms with E-state index in [1.165, 1.54) is 6.08 Å². The third kappa shape index (κ3) is 4.96. The zero-order chi connectivity index (χ0) is 17.6. The van der Waals surface area contributed by atoms with Gasteiger partial charge in [-0.1, -0.05) is 6.07 Å². The monoisotopic (exact) mass is 451 g/mol. The van der Waals surface area contributed by atoms with Crippen molar-refractivity contribution in [1.82, 2.24) is 0 Å². The molecule has 3 rings (SSSR count). The minimum atomic E-state index is -0.601. The Hall–Kier alpha value is -2.55. The molecule has 0 bridgehead atoms. The number of halogens is 1. The number of ether oxygens (including phenoxy) is 3. The minimum Gasteiger partial charge on any atom is -0.454 e. The van der Waals surface area contributed by atoms with Gasteiger partial charge in [0.05, 0.1) is 0 Å². The largest absolute Gasteiger partial charge is 0.454 e. The second-order valence-corrected chi connectivity index (χ2v) is 6.35. The SMILES string of the molecule is O=C(COC(=O)C=Cc1ccc2c(c1)OCO2)Nc1ccc(I)cc1. The molecule has 25 heavy (non-hydrogen) atoms. The normalized spacial score (nSPS) is 12.2. The minimum absolute atomic E-state index is 0.195. The van der Waals surface area contributed by atoms with Crippen LogP contribution >= 0.6 is 22.6 Å². The third-order valence-corrected chi connectivity index (χ3v) is 4.00. The van der Waals surface area contributed by atoms with E-state index in [9.17, 15) is 9.59 Å². The summed E-state index contributed by atoms with van der Waals surface area (Å²) in [4.78, 5) is 23.5. The highest BCUT2D eigenvalue weighted by molar-refractivity contribution is 14.1. The molecule has 1 heterocycles. The van der Waals surface area contributed by atoms with E-state index in [4.69, 9.17) is 14.2 Å². The zero-order valence-electron chi connectivity index (χ0n) is 13.0. The molecule has 128 valence electrons. The van der Waals surface area contributed by atoms with Crippen molar-refractivity contribution in [1.29, 1.82) is 0 Å². The number of nitrogens with one attached hydrogen (secondary N) is 1. The predicted octanol–water partition coefficient (Wildman–Crippen LogP) is 3.22. The van der Waals surface area contributed by atoms with Crippen LogP contribution in [-0.2, 0) is 14.3 Å². The van der Waals surface area contributed by atoms with Crippen LogP contribution in [0, 0.1) is 3.57 Å². The molecule has 0 unspecified atom stereocenters. The predicted molar refractivity (Wildman–Crippen MR) is 100 cm³/mol. The number of hydrogen-bond donors (Lipinski definition) is 1. The maximum atomic E-state index is 11.8. The van der Waals surface area contributed by atoms with Crippen molar-refractivity contribution >= 4 is 46.2 Å². The van der Waals surface area contributed by atoms with Crippen molar-refractivity contribution in [2.75, 3.05) is 18.7 Å². The lowest BCUT2D eigenvalue weighted by Crippen LogP contribution is -2.20. The Balaban J connectivity index is 1.47. The smallest absolute Gasteiger partial charge is 0.331 e. The molecule has 0 fully saturated rings. The van der Waals surface area contributed by atoms with E-state index in [0.29, 0.717) is 17.2 Å². The summed E-state index contributed by atoms with van der Waals surface area (Å²) in [7, 11) is 0. The average molecular weight is 451 g/mol. The Bertz CT molecular complexity index is 817. The summed E-state index contributed by atoms with van der Waals surface area (Å²) in [6, 6.07) is 12.6. The lowest BCUT2D eigenvalue weighted by molar-refractivity contribution is -0.142. The number of carbonyl (C=O) groups excluding carboxylic acids is 2. The van der Waals surface area contributed by atoms with E-state index in [0.717, 1.165) is 9.13 Å². The Labute approximate surface area is 157 Å². The van der Waals surface area contributed by atoms with Gasteiger partial charge in [0.1, 0.15) is 0 Å². The fourth-order valence-electron chi connectivity index (χ4n) is 2.10. The molecule has 1 aliphatic heterocycles. The van der Waals surface area contributed by atoms with Crippen LogP contribution in [0.2, 0.25) is 0 Å². The first-order valence-electron chi connectivity index (χ1n) is 7.40. The van der Waals surface area contributed by atoms with Crippen LogP contribution in [0.15, 0.2) is 48.5 Å². The van der Waals surface area contributed by atoms with Gasteiger partial charge in [0.2, 0.25) is 6.79 Å². The van der Waals surface area contributed by atoms with Gasteiger partial charge in [-0.25, -0.2) is 4.79 Å². The number of benzene rings is 2. The molecule has 0 spiro atoms. The standard InChI is InChI=1S/C18H14INO5/c19-13-3-5-14(6-4-13)20-17(21)10-23-18(22)8-2-12-1-7-15-16(9-12)25-11-24-15/h1-9H,10-11H2,(H,20,21). The van der Waals surface area contributed by atoms with Crippen molar-refractivity contribution in [3.05, 3.63) is 57.7 Å². The van der Waals surface area contributed by atoms with E-state index in [-0.39, 0.29) is 13.4 Å². The van der Waals surface area contributed by atoms with Crippen LogP contribution in [0.5, 0.6) is 11.5 Å². The topological polar surface area (TPSA) is 73.9 Å². The van der Waals surface area contributed by atoms with Gasteiger partial charge in [0.15, 0.2) is 18.1 Å². The maximum Gasteiger partial charge on any atom is 0.331 e. The molecule has 2 aromatic rings. The van der Waals surface area contributed by atoms with E-state index in [1.54, 1.807) is 36.4 Å². The van der Waals surface area contributed by atoms with Gasteiger partial charge >= 0.3 is 5.97 Å². The summed E-state index contributed by atoms with van der Waals surface area (Å²) >= 11 is 2.17. The quantitative estimate of drug-likeness (QED) is 0.430. The average Bonchev–Trinajstić information content (AvgIpc) is 3.08. The van der Waals surface area contributed by atoms with Crippen LogP contribution in [0.3, 0.4) is 0 Å². The van der Waals surface area contributed by atoms with Crippen molar-refractivity contribution in [2.45, 2.75) is 0 Å². The summed E-state index contributed by atoms with van der Waals surface area (Å²) in [6.07, 6.45) is 2.84. The molecule has 6 nitrogen and oxygen atoms in total. The highest BCUT2D eigenvalue weighted by Gasteiger charge is 2.12. The molecule has 0 saturated heterocycles. The molecular formula is C18H14INO5. The Morgan fingerprint density at radius 2 is 1.88 bits per heavy atom. The van der Waals surface area contributed by atoms with Crippen LogP contribution in [0.4, 0.5) is 5.69 Å². The number of carbonyl (C=O) groups is 2. The number of esters is 1. The van der Waals surface area contributed by atoms with Crippen molar-refractivity contribution < 1.29 is 23.8 Å². The first-order chi connectivity index (χ1) is 12.1. The van der Waals surface area contributed by atoms with E-state index in [2.05, 4.69) is 27.9 Å². The Morgan fingerprint density at radius 1 is 1.12 bits per heavy atom. The van der Waals surface area contributed by atoms with Gasteiger partial charge in [0.25, 0.3) is 5.91 Å². The molecule has 2 aromatic carbocycles. The number of fused-ring (bicyclic) bond motifs is 1. The fourth-order valence-corrected chi connectivity index (χ4v) is 2.46. The molecular weight excluding hydrogens is 437 g/mol. The van der Waals surface area contributed by atoms with E-state index < -0.39 is 11.9 Å². The van der Waals surface area contributed by atoms with Crippen molar-refractivity contribution in [2.24, 2.45) is 0 Å². The summed E-state index contributed by atoms with van der Waals surface area (Å²) in [5.41, 5.74) is 1.42. The van der Waals surface area contributed by atoms with Crippen LogP contribution in [0.1, 0.15) is 5.56 Å². The van der Waals surface area contributed by atoms with Gasteiger partial charge in [-0.15, -0.1) is 0 Å². The maximum absolute atomic E-state index is 11.8. The molecule has 0 saturated carbocycles. The number of anilines is 1. The highest BCUT2D eigenvalue weighted by Crippen LogP contribution is 2.32. The Kier molecular flexibility index (Phi) is 5.54. The summed E-state index contributed by atoms with van der Waals surface area (Å²) in [6.45, 7) is -0.156. The lowest BCUT2D eigenvalue weighted by Gasteiger charge is -2.05. The molecule has 7 heteroatoms. The van der Waals surface area contributed by atoms with Crippen molar-refractivity contribution in [3.8, 4) is 11.5 Å². The van der Waals surface area contributed by atoms with Gasteiger partial charge in [-0.05, 0) is 70.6 Å². The zero-order valence-corrected chi connectivity index (χ0v) is 15.2. The Morgan fingerprint density at radius 3 is 2.68 bits per heavy atom. The van der Waals surface area contributed by atoms with Crippen LogP contribution in [-0.4, -0.2) is 25.3 Å². The lowest BCUT2D eigenvalue weighted by atomic mass is 10.2. The summed E-state index contributed by atoms with van der Waals surface area (Å²) in [5, 5.41) is 2.65. The number of rotatable bonds is 5. The first-order valence-corrected chi connectivity index (χ1v) is 8.48. The molecule has 0 aliphatic carbocycles. The van der Waals surface area contributed by atoms with Crippen LogP contribution in [0.25, 0.3) is 6.08 Å². The van der Waals surface area contributed by atoms with Gasteiger partial charge in [-0.3, -0.25) is 4.79 Å². The van der Waals surface area contributed by atoms with Crippen molar-refractivity contribution in [3.63, 3.8) is 0 Å². The number of amides is 1.